The number of aromatic nitrogens is 2. The van der Waals surface area contributed by atoms with Crippen molar-refractivity contribution in [2.24, 2.45) is 0 Å². The lowest BCUT2D eigenvalue weighted by Crippen LogP contribution is -2.38. The maximum absolute atomic E-state index is 11.6. The Morgan fingerprint density at radius 3 is 2.63 bits per heavy atom. The molecule has 8 heteroatoms. The molecule has 0 spiro atoms. The zero-order chi connectivity index (χ0) is 14.2. The van der Waals surface area contributed by atoms with Crippen molar-refractivity contribution in [1.82, 2.24) is 9.55 Å². The van der Waals surface area contributed by atoms with E-state index in [9.17, 15) is 19.8 Å². The van der Waals surface area contributed by atoms with E-state index in [1.165, 1.54) is 0 Å². The molecule has 1 aromatic heterocycles. The first-order valence-electron chi connectivity index (χ1n) is 5.44. The molecule has 0 saturated carbocycles. The van der Waals surface area contributed by atoms with Crippen LogP contribution < -0.4 is 11.2 Å². The Kier molecular flexibility index (Phi) is 3.55. The van der Waals surface area contributed by atoms with Crippen molar-refractivity contribution >= 4 is 0 Å². The van der Waals surface area contributed by atoms with Crippen LogP contribution in [0.25, 0.3) is 0 Å². The van der Waals surface area contributed by atoms with Gasteiger partial charge >= 0.3 is 5.69 Å². The molecule has 1 aliphatic heterocycles. The molecule has 0 aliphatic carbocycles. The molecule has 1 aliphatic rings. The highest BCUT2D eigenvalue weighted by Gasteiger charge is 2.43. The van der Waals surface area contributed by atoms with Gasteiger partial charge in [-0.05, 0) is 0 Å². The zero-order valence-corrected chi connectivity index (χ0v) is 9.68. The topological polar surface area (TPSA) is 125 Å². The largest absolute Gasteiger partial charge is 0.394 e. The summed E-state index contributed by atoms with van der Waals surface area (Å²) in [6.07, 6.45) is 1.14. The summed E-state index contributed by atoms with van der Waals surface area (Å²) in [4.78, 5) is 24.9. The number of aliphatic hydroxyl groups excluding tert-OH is 3. The average Bonchev–Trinajstić information content (AvgIpc) is 2.67. The van der Waals surface area contributed by atoms with Crippen LogP contribution in [0.3, 0.4) is 0 Å². The summed E-state index contributed by atoms with van der Waals surface area (Å²) >= 11 is 0. The van der Waals surface area contributed by atoms with Gasteiger partial charge in [0.2, 0.25) is 0 Å². The van der Waals surface area contributed by atoms with Crippen molar-refractivity contribution in [2.45, 2.75) is 24.5 Å². The van der Waals surface area contributed by atoms with E-state index in [1.54, 1.807) is 0 Å². The predicted octanol–water partition coefficient (Wildman–Crippen LogP) is -2.87. The number of H-pyrrole nitrogens is 1. The summed E-state index contributed by atoms with van der Waals surface area (Å²) in [5.41, 5.74) is -1.67. The summed E-state index contributed by atoms with van der Waals surface area (Å²) in [7, 11) is 0. The van der Waals surface area contributed by atoms with Gasteiger partial charge in [-0.3, -0.25) is 14.3 Å². The number of nitrogens with zero attached hydrogens (tertiary/aromatic N) is 1. The maximum atomic E-state index is 11.6. The summed E-state index contributed by atoms with van der Waals surface area (Å²) in [6, 6.07) is 0. The lowest BCUT2D eigenvalue weighted by molar-refractivity contribution is -0.0550. The average molecular weight is 268 g/mol. The van der Waals surface area contributed by atoms with E-state index in [0.717, 1.165) is 10.8 Å². The van der Waals surface area contributed by atoms with Gasteiger partial charge in [-0.1, -0.05) is 5.92 Å². The number of hydrogen-bond acceptors (Lipinski definition) is 6. The minimum Gasteiger partial charge on any atom is -0.394 e. The first kappa shape index (κ1) is 13.5. The highest BCUT2D eigenvalue weighted by Crippen LogP contribution is 2.27. The summed E-state index contributed by atoms with van der Waals surface area (Å²) in [5, 5.41) is 28.3. The van der Waals surface area contributed by atoms with Gasteiger partial charge < -0.3 is 20.1 Å². The number of terminal acetylenes is 1. The van der Waals surface area contributed by atoms with Crippen molar-refractivity contribution in [3.05, 3.63) is 32.6 Å². The molecule has 4 atom stereocenters. The molecular formula is C11H12N2O6. The van der Waals surface area contributed by atoms with E-state index < -0.39 is 42.4 Å². The maximum Gasteiger partial charge on any atom is 0.330 e. The van der Waals surface area contributed by atoms with E-state index in [4.69, 9.17) is 16.3 Å². The fourth-order valence-corrected chi connectivity index (χ4v) is 1.89. The Balaban J connectivity index is 2.46. The van der Waals surface area contributed by atoms with Gasteiger partial charge in [0.15, 0.2) is 6.23 Å². The zero-order valence-electron chi connectivity index (χ0n) is 9.68. The molecule has 0 radical (unpaired) electrons. The van der Waals surface area contributed by atoms with E-state index in [-0.39, 0.29) is 5.56 Å². The Labute approximate surface area is 106 Å². The molecule has 1 fully saturated rings. The van der Waals surface area contributed by atoms with Crippen LogP contribution in [-0.4, -0.2) is 49.8 Å². The lowest BCUT2D eigenvalue weighted by Gasteiger charge is -2.17. The molecule has 1 saturated heterocycles. The molecule has 2 heterocycles. The van der Waals surface area contributed by atoms with Crippen molar-refractivity contribution in [2.75, 3.05) is 6.61 Å². The summed E-state index contributed by atoms with van der Waals surface area (Å²) < 4.78 is 6.04. The minimum absolute atomic E-state index is 0.114. The molecule has 0 amide bonds. The van der Waals surface area contributed by atoms with E-state index in [0.29, 0.717) is 0 Å². The number of rotatable bonds is 2. The highest BCUT2D eigenvalue weighted by atomic mass is 16.6. The van der Waals surface area contributed by atoms with Crippen LogP contribution >= 0.6 is 0 Å². The fraction of sp³-hybridized carbons (Fsp3) is 0.455. The van der Waals surface area contributed by atoms with Gasteiger partial charge in [-0.25, -0.2) is 4.79 Å². The number of hydrogen-bond donors (Lipinski definition) is 4. The first-order valence-corrected chi connectivity index (χ1v) is 5.44. The highest BCUT2D eigenvalue weighted by molar-refractivity contribution is 5.26. The molecule has 0 aromatic carbocycles. The summed E-state index contributed by atoms with van der Waals surface area (Å²) in [6.45, 7) is -0.519. The Hall–Kier alpha value is -1.92. The quantitative estimate of drug-likeness (QED) is 0.427. The van der Waals surface area contributed by atoms with Crippen LogP contribution in [0.1, 0.15) is 11.8 Å². The van der Waals surface area contributed by atoms with E-state index in [2.05, 4.69) is 5.92 Å². The van der Waals surface area contributed by atoms with Gasteiger partial charge in [-0.2, -0.15) is 0 Å². The van der Waals surface area contributed by atoms with Crippen molar-refractivity contribution in [3.8, 4) is 12.3 Å². The SMILES string of the molecule is C#Cc1cn([C@@H]2O[C@H](CO)C(O)C2O)c(=O)[nH]c1=O. The fourth-order valence-electron chi connectivity index (χ4n) is 1.89. The standard InChI is InChI=1S/C11H12N2O6/c1-2-5-3-13(11(18)12-9(5)17)10-8(16)7(15)6(4-14)19-10/h1,3,6-8,10,14-16H,4H2,(H,12,17,18)/t6-,7?,8?,10-/m1/s1. The number of aliphatic hydroxyl groups is 3. The normalized spacial score (nSPS) is 30.2. The van der Waals surface area contributed by atoms with Crippen LogP contribution in [0.2, 0.25) is 0 Å². The van der Waals surface area contributed by atoms with Crippen LogP contribution in [0, 0.1) is 12.3 Å². The number of nitrogens with one attached hydrogen (secondary N) is 1. The Morgan fingerprint density at radius 2 is 2.11 bits per heavy atom. The van der Waals surface area contributed by atoms with Gasteiger partial charge in [0.25, 0.3) is 5.56 Å². The molecule has 4 N–H and O–H groups in total. The molecule has 0 bridgehead atoms. The van der Waals surface area contributed by atoms with Gasteiger partial charge in [0.1, 0.15) is 23.9 Å². The first-order chi connectivity index (χ1) is 8.99. The number of aromatic amines is 1. The third-order valence-electron chi connectivity index (χ3n) is 2.91. The Morgan fingerprint density at radius 1 is 1.42 bits per heavy atom. The monoisotopic (exact) mass is 268 g/mol. The van der Waals surface area contributed by atoms with E-state index >= 15 is 0 Å². The van der Waals surface area contributed by atoms with Gasteiger partial charge in [0.05, 0.1) is 6.61 Å². The smallest absolute Gasteiger partial charge is 0.330 e. The molecule has 2 rings (SSSR count). The molecular weight excluding hydrogens is 256 g/mol. The Bertz CT molecular complexity index is 627. The molecule has 8 nitrogen and oxygen atoms in total. The van der Waals surface area contributed by atoms with E-state index in [1.807, 2.05) is 4.98 Å². The molecule has 102 valence electrons. The van der Waals surface area contributed by atoms with Crippen molar-refractivity contribution < 1.29 is 20.1 Å². The van der Waals surface area contributed by atoms with Gasteiger partial charge in [0, 0.05) is 6.20 Å². The van der Waals surface area contributed by atoms with Crippen molar-refractivity contribution in [3.63, 3.8) is 0 Å². The molecule has 1 aromatic rings. The lowest BCUT2D eigenvalue weighted by atomic mass is 10.1. The third-order valence-corrected chi connectivity index (χ3v) is 2.91. The second kappa shape index (κ2) is 4.99. The van der Waals surface area contributed by atoms with Gasteiger partial charge in [-0.15, -0.1) is 6.42 Å². The second-order valence-electron chi connectivity index (χ2n) is 4.08. The van der Waals surface area contributed by atoms with Crippen LogP contribution in [0.5, 0.6) is 0 Å². The second-order valence-corrected chi connectivity index (χ2v) is 4.08. The van der Waals surface area contributed by atoms with Crippen LogP contribution in [-0.2, 0) is 4.74 Å². The van der Waals surface area contributed by atoms with Crippen LogP contribution in [0.15, 0.2) is 15.8 Å². The minimum atomic E-state index is -1.42. The predicted molar refractivity (Wildman–Crippen MR) is 62.3 cm³/mol. The van der Waals surface area contributed by atoms with Crippen LogP contribution in [0.4, 0.5) is 0 Å². The number of ether oxygens (including phenoxy) is 1. The third kappa shape index (κ3) is 2.20. The molecule has 2 unspecified atom stereocenters. The summed E-state index contributed by atoms with van der Waals surface area (Å²) in [5.74, 6) is 2.09. The molecule has 19 heavy (non-hydrogen) atoms. The van der Waals surface area contributed by atoms with Crippen molar-refractivity contribution in [1.29, 1.82) is 0 Å².